The van der Waals surface area contributed by atoms with Crippen LogP contribution in [0.5, 0.6) is 17.2 Å². The molecule has 2 heterocycles. The summed E-state index contributed by atoms with van der Waals surface area (Å²) in [7, 11) is 2.71. The van der Waals surface area contributed by atoms with Crippen LogP contribution in [0.2, 0.25) is 0 Å². The maximum absolute atomic E-state index is 14.4. The number of hydrogen-bond donors (Lipinski definition) is 2. The minimum atomic E-state index is -0.950. The van der Waals surface area contributed by atoms with Gasteiger partial charge in [-0.3, -0.25) is 14.5 Å². The van der Waals surface area contributed by atoms with E-state index in [1.165, 1.54) is 43.4 Å². The van der Waals surface area contributed by atoms with E-state index >= 15 is 0 Å². The van der Waals surface area contributed by atoms with Gasteiger partial charge in [-0.15, -0.1) is 0 Å². The predicted octanol–water partition coefficient (Wildman–Crippen LogP) is 2.69. The van der Waals surface area contributed by atoms with Crippen molar-refractivity contribution in [2.75, 3.05) is 53.6 Å². The van der Waals surface area contributed by atoms with Gasteiger partial charge in [0.25, 0.3) is 11.7 Å². The van der Waals surface area contributed by atoms with Crippen LogP contribution in [-0.4, -0.2) is 85.3 Å². The van der Waals surface area contributed by atoms with Gasteiger partial charge in [-0.2, -0.15) is 0 Å². The lowest BCUT2D eigenvalue weighted by atomic mass is 9.95. The van der Waals surface area contributed by atoms with E-state index in [1.54, 1.807) is 6.07 Å². The van der Waals surface area contributed by atoms with Crippen LogP contribution >= 0.6 is 0 Å². The Morgan fingerprint density at radius 2 is 1.78 bits per heavy atom. The van der Waals surface area contributed by atoms with Crippen molar-refractivity contribution in [2.45, 2.75) is 12.5 Å². The van der Waals surface area contributed by atoms with Crippen molar-refractivity contribution in [3.8, 4) is 17.2 Å². The summed E-state index contributed by atoms with van der Waals surface area (Å²) in [5.74, 6) is -2.82. The summed E-state index contributed by atoms with van der Waals surface area (Å²) in [6, 6.07) is 7.32. The van der Waals surface area contributed by atoms with Crippen LogP contribution in [0.25, 0.3) is 5.76 Å². The summed E-state index contributed by atoms with van der Waals surface area (Å²) in [4.78, 5) is 29.9. The lowest BCUT2D eigenvalue weighted by Crippen LogP contribution is -2.38. The molecule has 0 bridgehead atoms. The van der Waals surface area contributed by atoms with E-state index in [2.05, 4.69) is 4.90 Å². The first kappa shape index (κ1) is 25.5. The van der Waals surface area contributed by atoms with Crippen LogP contribution in [0, 0.1) is 5.82 Å². The number of Topliss-reactive ketones (excluding diaryl/α,β-unsaturated/α-hetero) is 1. The van der Waals surface area contributed by atoms with Crippen molar-refractivity contribution in [3.63, 3.8) is 0 Å². The first-order valence-corrected chi connectivity index (χ1v) is 11.6. The highest BCUT2D eigenvalue weighted by atomic mass is 19.1. The van der Waals surface area contributed by atoms with Crippen LogP contribution in [-0.2, 0) is 14.3 Å². The summed E-state index contributed by atoms with van der Waals surface area (Å²) in [6.45, 7) is 3.85. The van der Waals surface area contributed by atoms with E-state index in [-0.39, 0.29) is 34.9 Å². The molecule has 2 aromatic carbocycles. The predicted molar refractivity (Wildman–Crippen MR) is 128 cm³/mol. The Hall–Kier alpha value is -3.63. The van der Waals surface area contributed by atoms with E-state index in [4.69, 9.17) is 14.2 Å². The molecule has 0 aromatic heterocycles. The van der Waals surface area contributed by atoms with E-state index in [0.29, 0.717) is 31.7 Å². The number of ether oxygens (including phenoxy) is 3. The molecule has 10 heteroatoms. The maximum Gasteiger partial charge on any atom is 0.295 e. The molecule has 2 N–H and O–H groups in total. The average molecular weight is 501 g/mol. The number of carbonyl (C=O) groups excluding carboxylic acids is 2. The van der Waals surface area contributed by atoms with Crippen LogP contribution in [0.3, 0.4) is 0 Å². The number of phenols is 1. The topological polar surface area (TPSA) is 109 Å². The Bertz CT molecular complexity index is 1180. The standard InChI is InChI=1S/C26H29FN2O7/c1-34-20-7-5-17(14-18(20)27)24(31)22-23(16-4-6-19(30)21(15-16)35-2)29(26(33)25(22)32)9-3-8-28-10-12-36-13-11-28/h4-7,14-15,23,30-31H,3,8-13H2,1-2H3. The molecule has 0 spiro atoms. The molecule has 2 aliphatic heterocycles. The van der Waals surface area contributed by atoms with Gasteiger partial charge < -0.3 is 29.3 Å². The summed E-state index contributed by atoms with van der Waals surface area (Å²) in [5.41, 5.74) is 0.338. The fraction of sp³-hybridized carbons (Fsp3) is 0.385. The number of ketones is 1. The average Bonchev–Trinajstić information content (AvgIpc) is 3.14. The zero-order chi connectivity index (χ0) is 25.8. The van der Waals surface area contributed by atoms with Crippen molar-refractivity contribution in [3.05, 3.63) is 58.9 Å². The van der Waals surface area contributed by atoms with Gasteiger partial charge in [0, 0.05) is 31.7 Å². The van der Waals surface area contributed by atoms with Gasteiger partial charge in [0.2, 0.25) is 0 Å². The molecule has 4 rings (SSSR count). The fourth-order valence-electron chi connectivity index (χ4n) is 4.58. The molecule has 1 unspecified atom stereocenters. The van der Waals surface area contributed by atoms with E-state index < -0.39 is 29.3 Å². The molecular weight excluding hydrogens is 471 g/mol. The van der Waals surface area contributed by atoms with Crippen LogP contribution in [0.15, 0.2) is 42.0 Å². The Balaban J connectivity index is 1.73. The lowest BCUT2D eigenvalue weighted by Gasteiger charge is -2.29. The highest BCUT2D eigenvalue weighted by Gasteiger charge is 2.46. The molecule has 36 heavy (non-hydrogen) atoms. The molecule has 1 atom stereocenters. The van der Waals surface area contributed by atoms with E-state index in [0.717, 1.165) is 19.2 Å². The van der Waals surface area contributed by atoms with Crippen molar-refractivity contribution in [1.82, 2.24) is 9.80 Å². The lowest BCUT2D eigenvalue weighted by molar-refractivity contribution is -0.140. The first-order chi connectivity index (χ1) is 17.3. The number of amides is 1. The molecular formula is C26H29FN2O7. The summed E-state index contributed by atoms with van der Waals surface area (Å²) in [5, 5.41) is 21.2. The van der Waals surface area contributed by atoms with Crippen molar-refractivity contribution >= 4 is 17.4 Å². The number of aromatic hydroxyl groups is 1. The number of nitrogens with zero attached hydrogens (tertiary/aromatic N) is 2. The van der Waals surface area contributed by atoms with Crippen LogP contribution in [0.4, 0.5) is 4.39 Å². The minimum absolute atomic E-state index is 0.0186. The molecule has 2 aliphatic rings. The summed E-state index contributed by atoms with van der Waals surface area (Å²) < 4.78 is 29.9. The fourth-order valence-corrected chi connectivity index (χ4v) is 4.58. The van der Waals surface area contributed by atoms with Gasteiger partial charge >= 0.3 is 0 Å². The molecule has 1 amide bonds. The van der Waals surface area contributed by atoms with E-state index in [9.17, 15) is 24.2 Å². The molecule has 192 valence electrons. The molecule has 0 aliphatic carbocycles. The zero-order valence-electron chi connectivity index (χ0n) is 20.2. The second kappa shape index (κ2) is 11.0. The second-order valence-electron chi connectivity index (χ2n) is 8.58. The SMILES string of the molecule is COc1cc(C2C(=C(O)c3ccc(OC)c(F)c3)C(=O)C(=O)N2CCCN2CCOCC2)ccc1O. The second-order valence-corrected chi connectivity index (χ2v) is 8.58. The third kappa shape index (κ3) is 5.00. The third-order valence-electron chi connectivity index (χ3n) is 6.46. The minimum Gasteiger partial charge on any atom is -0.507 e. The molecule has 0 saturated carbocycles. The zero-order valence-corrected chi connectivity index (χ0v) is 20.2. The van der Waals surface area contributed by atoms with Gasteiger partial charge in [-0.05, 0) is 42.3 Å². The molecule has 0 radical (unpaired) electrons. The van der Waals surface area contributed by atoms with E-state index in [1.807, 2.05) is 0 Å². The number of rotatable bonds is 8. The molecule has 2 aromatic rings. The Morgan fingerprint density at radius 1 is 1.06 bits per heavy atom. The number of likely N-dealkylation sites (tertiary alicyclic amines) is 1. The van der Waals surface area contributed by atoms with Gasteiger partial charge in [0.15, 0.2) is 23.1 Å². The van der Waals surface area contributed by atoms with Gasteiger partial charge in [0.1, 0.15) is 5.76 Å². The monoisotopic (exact) mass is 500 g/mol. The number of phenolic OH excluding ortho intramolecular Hbond substituents is 1. The number of methoxy groups -OCH3 is 2. The van der Waals surface area contributed by atoms with Crippen molar-refractivity contribution in [2.24, 2.45) is 0 Å². The van der Waals surface area contributed by atoms with Gasteiger partial charge in [-0.1, -0.05) is 6.07 Å². The largest absolute Gasteiger partial charge is 0.507 e. The van der Waals surface area contributed by atoms with Gasteiger partial charge in [0.05, 0.1) is 39.0 Å². The highest BCUT2D eigenvalue weighted by molar-refractivity contribution is 6.46. The summed E-state index contributed by atoms with van der Waals surface area (Å²) >= 11 is 0. The summed E-state index contributed by atoms with van der Waals surface area (Å²) in [6.07, 6.45) is 0.593. The Morgan fingerprint density at radius 3 is 2.44 bits per heavy atom. The molecule has 2 fully saturated rings. The first-order valence-electron chi connectivity index (χ1n) is 11.6. The smallest absolute Gasteiger partial charge is 0.295 e. The highest BCUT2D eigenvalue weighted by Crippen LogP contribution is 2.42. The molecule has 2 saturated heterocycles. The number of benzene rings is 2. The van der Waals surface area contributed by atoms with Crippen molar-refractivity contribution < 1.29 is 38.4 Å². The Kier molecular flexibility index (Phi) is 7.76. The number of morpholine rings is 1. The van der Waals surface area contributed by atoms with Crippen LogP contribution < -0.4 is 9.47 Å². The Labute approximate surface area is 208 Å². The number of aliphatic hydroxyl groups excluding tert-OH is 1. The maximum atomic E-state index is 14.4. The van der Waals surface area contributed by atoms with Gasteiger partial charge in [-0.25, -0.2) is 4.39 Å². The number of halogens is 1. The third-order valence-corrected chi connectivity index (χ3v) is 6.46. The molecule has 9 nitrogen and oxygen atoms in total. The van der Waals surface area contributed by atoms with Crippen LogP contribution in [0.1, 0.15) is 23.6 Å². The number of hydrogen-bond acceptors (Lipinski definition) is 8. The quantitative estimate of drug-likeness (QED) is 0.324. The number of carbonyl (C=O) groups is 2. The normalized spacial score (nSPS) is 20.1. The van der Waals surface area contributed by atoms with Crippen molar-refractivity contribution in [1.29, 1.82) is 0 Å². The number of aliphatic hydroxyl groups is 1.